The molecule has 138 valence electrons. The number of piperidine rings is 1. The summed E-state index contributed by atoms with van der Waals surface area (Å²) in [5.41, 5.74) is 0. The number of fused-ring (bicyclic) bond motifs is 1. The Balaban J connectivity index is 1.24. The molecule has 1 aromatic carbocycles. The van der Waals surface area contributed by atoms with Gasteiger partial charge in [-0.05, 0) is 31.4 Å². The van der Waals surface area contributed by atoms with E-state index in [-0.39, 0.29) is 18.3 Å². The second kappa shape index (κ2) is 7.43. The predicted molar refractivity (Wildman–Crippen MR) is 93.4 cm³/mol. The van der Waals surface area contributed by atoms with Gasteiger partial charge in [0, 0.05) is 38.0 Å². The summed E-state index contributed by atoms with van der Waals surface area (Å²) in [7, 11) is 0. The topological polar surface area (TPSA) is 60.2 Å². The van der Waals surface area contributed by atoms with Gasteiger partial charge in [-0.2, -0.15) is 0 Å². The normalized spacial score (nSPS) is 17.3. The molecule has 0 atom stereocenters. The van der Waals surface area contributed by atoms with Crippen molar-refractivity contribution in [3.8, 4) is 5.75 Å². The lowest BCUT2D eigenvalue weighted by atomic mass is 9.95. The molecule has 0 radical (unpaired) electrons. The van der Waals surface area contributed by atoms with Gasteiger partial charge in [0.05, 0.1) is 13.0 Å². The van der Waals surface area contributed by atoms with Crippen LogP contribution in [-0.4, -0.2) is 45.3 Å². The monoisotopic (exact) mass is 358 g/mol. The number of carbonyl (C=O) groups excluding carboxylic acids is 1. The van der Waals surface area contributed by atoms with Gasteiger partial charge in [-0.1, -0.05) is 6.07 Å². The van der Waals surface area contributed by atoms with Crippen LogP contribution in [0.2, 0.25) is 0 Å². The van der Waals surface area contributed by atoms with Crippen LogP contribution in [0.3, 0.4) is 0 Å². The largest absolute Gasteiger partial charge is 0.493 e. The minimum atomic E-state index is -0.337. The first-order valence-electron chi connectivity index (χ1n) is 9.29. The first-order chi connectivity index (χ1) is 12.7. The molecule has 0 N–H and O–H groups in total. The maximum absolute atomic E-state index is 13.1. The van der Waals surface area contributed by atoms with Gasteiger partial charge < -0.3 is 14.2 Å². The molecule has 6 nitrogen and oxygen atoms in total. The SMILES string of the molecule is O=C(CCOc1cccc(F)c1)N1CCC(c2nnc3n2CCC3)CC1. The van der Waals surface area contributed by atoms with Crippen molar-refractivity contribution in [1.29, 1.82) is 0 Å². The lowest BCUT2D eigenvalue weighted by molar-refractivity contribution is -0.132. The highest BCUT2D eigenvalue weighted by Crippen LogP contribution is 2.29. The molecule has 7 heteroatoms. The summed E-state index contributed by atoms with van der Waals surface area (Å²) in [6.07, 6.45) is 4.33. The number of benzene rings is 1. The number of aromatic nitrogens is 3. The van der Waals surface area contributed by atoms with Crippen molar-refractivity contribution in [3.63, 3.8) is 0 Å². The van der Waals surface area contributed by atoms with Gasteiger partial charge in [0.1, 0.15) is 23.2 Å². The maximum atomic E-state index is 13.1. The minimum Gasteiger partial charge on any atom is -0.493 e. The Hall–Kier alpha value is -2.44. The molecule has 26 heavy (non-hydrogen) atoms. The lowest BCUT2D eigenvalue weighted by Crippen LogP contribution is -2.38. The van der Waals surface area contributed by atoms with Crippen LogP contribution < -0.4 is 4.74 Å². The van der Waals surface area contributed by atoms with Gasteiger partial charge in [0.15, 0.2) is 0 Å². The van der Waals surface area contributed by atoms with Crippen LogP contribution in [-0.2, 0) is 17.8 Å². The molecule has 1 aromatic heterocycles. The fourth-order valence-electron chi connectivity index (χ4n) is 3.83. The van der Waals surface area contributed by atoms with Gasteiger partial charge in [-0.15, -0.1) is 10.2 Å². The van der Waals surface area contributed by atoms with E-state index < -0.39 is 0 Å². The number of carbonyl (C=O) groups is 1. The minimum absolute atomic E-state index is 0.0892. The molecule has 0 spiro atoms. The number of ether oxygens (including phenoxy) is 1. The van der Waals surface area contributed by atoms with Crippen molar-refractivity contribution in [1.82, 2.24) is 19.7 Å². The van der Waals surface area contributed by atoms with E-state index >= 15 is 0 Å². The van der Waals surface area contributed by atoms with E-state index in [1.54, 1.807) is 12.1 Å². The molecule has 0 unspecified atom stereocenters. The molecule has 2 aliphatic rings. The van der Waals surface area contributed by atoms with Gasteiger partial charge >= 0.3 is 0 Å². The molecule has 2 aliphatic heterocycles. The summed E-state index contributed by atoms with van der Waals surface area (Å²) in [6, 6.07) is 5.98. The van der Waals surface area contributed by atoms with Crippen molar-refractivity contribution < 1.29 is 13.9 Å². The van der Waals surface area contributed by atoms with E-state index in [0.29, 0.717) is 18.1 Å². The lowest BCUT2D eigenvalue weighted by Gasteiger charge is -2.31. The Morgan fingerprint density at radius 2 is 2.08 bits per heavy atom. The third-order valence-electron chi connectivity index (χ3n) is 5.23. The summed E-state index contributed by atoms with van der Waals surface area (Å²) in [5, 5.41) is 8.67. The fraction of sp³-hybridized carbons (Fsp3) is 0.526. The van der Waals surface area contributed by atoms with Crippen LogP contribution in [0.25, 0.3) is 0 Å². The zero-order chi connectivity index (χ0) is 17.9. The quantitative estimate of drug-likeness (QED) is 0.824. The standard InChI is InChI=1S/C19H23FN4O2/c20-15-3-1-4-16(13-15)26-12-8-18(25)23-10-6-14(7-11-23)19-22-21-17-5-2-9-24(17)19/h1,3-4,13-14H,2,5-12H2. The zero-order valence-electron chi connectivity index (χ0n) is 14.7. The van der Waals surface area contributed by atoms with E-state index in [4.69, 9.17) is 4.74 Å². The van der Waals surface area contributed by atoms with E-state index in [0.717, 1.165) is 57.0 Å². The number of amides is 1. The molecule has 1 fully saturated rings. The van der Waals surface area contributed by atoms with Crippen molar-refractivity contribution in [3.05, 3.63) is 41.7 Å². The second-order valence-electron chi connectivity index (χ2n) is 6.94. The third kappa shape index (κ3) is 3.57. The molecular formula is C19H23FN4O2. The number of nitrogens with zero attached hydrogens (tertiary/aromatic N) is 4. The number of halogens is 1. The molecule has 3 heterocycles. The Bertz CT molecular complexity index is 784. The summed E-state index contributed by atoms with van der Waals surface area (Å²) < 4.78 is 20.8. The second-order valence-corrected chi connectivity index (χ2v) is 6.94. The van der Waals surface area contributed by atoms with E-state index in [1.807, 2.05) is 4.90 Å². The van der Waals surface area contributed by atoms with Crippen molar-refractivity contribution in [2.45, 2.75) is 44.6 Å². The predicted octanol–water partition coefficient (Wildman–Crippen LogP) is 2.54. The third-order valence-corrected chi connectivity index (χ3v) is 5.23. The van der Waals surface area contributed by atoms with Gasteiger partial charge in [0.2, 0.25) is 5.91 Å². The van der Waals surface area contributed by atoms with E-state index in [2.05, 4.69) is 14.8 Å². The number of rotatable bonds is 5. The molecule has 0 aliphatic carbocycles. The average Bonchev–Trinajstić information content (AvgIpc) is 3.25. The summed E-state index contributed by atoms with van der Waals surface area (Å²) in [5.74, 6) is 2.80. The van der Waals surface area contributed by atoms with E-state index in [9.17, 15) is 9.18 Å². The summed E-state index contributed by atoms with van der Waals surface area (Å²) >= 11 is 0. The Morgan fingerprint density at radius 1 is 1.23 bits per heavy atom. The first-order valence-corrected chi connectivity index (χ1v) is 9.29. The van der Waals surface area contributed by atoms with Crippen LogP contribution in [0.15, 0.2) is 24.3 Å². The maximum Gasteiger partial charge on any atom is 0.225 e. The van der Waals surface area contributed by atoms with Gasteiger partial charge in [0.25, 0.3) is 0 Å². The van der Waals surface area contributed by atoms with Crippen molar-refractivity contribution in [2.24, 2.45) is 0 Å². The number of aryl methyl sites for hydroxylation is 1. The van der Waals surface area contributed by atoms with Gasteiger partial charge in [-0.3, -0.25) is 4.79 Å². The molecule has 2 aromatic rings. The summed E-state index contributed by atoms with van der Waals surface area (Å²) in [4.78, 5) is 14.3. The van der Waals surface area contributed by atoms with E-state index in [1.165, 1.54) is 12.1 Å². The van der Waals surface area contributed by atoms with Crippen LogP contribution in [0.1, 0.15) is 43.3 Å². The van der Waals surface area contributed by atoms with Crippen LogP contribution in [0.5, 0.6) is 5.75 Å². The highest BCUT2D eigenvalue weighted by atomic mass is 19.1. The first kappa shape index (κ1) is 17.0. The average molecular weight is 358 g/mol. The molecule has 1 saturated heterocycles. The summed E-state index contributed by atoms with van der Waals surface area (Å²) in [6.45, 7) is 2.77. The zero-order valence-corrected chi connectivity index (χ0v) is 14.7. The number of likely N-dealkylation sites (tertiary alicyclic amines) is 1. The Kier molecular flexibility index (Phi) is 4.86. The molecular weight excluding hydrogens is 335 g/mol. The number of hydrogen-bond acceptors (Lipinski definition) is 4. The van der Waals surface area contributed by atoms with Crippen molar-refractivity contribution in [2.75, 3.05) is 19.7 Å². The molecule has 0 bridgehead atoms. The smallest absolute Gasteiger partial charge is 0.225 e. The van der Waals surface area contributed by atoms with Crippen LogP contribution in [0, 0.1) is 5.82 Å². The molecule has 4 rings (SSSR count). The van der Waals surface area contributed by atoms with Crippen LogP contribution >= 0.6 is 0 Å². The highest BCUT2D eigenvalue weighted by molar-refractivity contribution is 5.76. The van der Waals surface area contributed by atoms with Gasteiger partial charge in [-0.25, -0.2) is 4.39 Å². The van der Waals surface area contributed by atoms with Crippen LogP contribution in [0.4, 0.5) is 4.39 Å². The highest BCUT2D eigenvalue weighted by Gasteiger charge is 2.29. The fourth-order valence-corrected chi connectivity index (χ4v) is 3.83. The Labute approximate surface area is 152 Å². The van der Waals surface area contributed by atoms with Crippen molar-refractivity contribution >= 4 is 5.91 Å². The molecule has 0 saturated carbocycles. The molecule has 1 amide bonds. The Morgan fingerprint density at radius 3 is 2.88 bits per heavy atom. The number of hydrogen-bond donors (Lipinski definition) is 0.